The van der Waals surface area contributed by atoms with Crippen LogP contribution in [0.2, 0.25) is 0 Å². The maximum absolute atomic E-state index is 5.57. The number of nitrogen functional groups attached to an aromatic ring is 1. The third kappa shape index (κ3) is 1.71. The first-order chi connectivity index (χ1) is 4.61. The molecule has 0 radical (unpaired) electrons. The highest BCUT2D eigenvalue weighted by atomic mass is 79.9. The molecule has 0 aliphatic heterocycles. The fourth-order valence-corrected chi connectivity index (χ4v) is 1.77. The summed E-state index contributed by atoms with van der Waals surface area (Å²) >= 11 is 9.69. The second-order valence-electron chi connectivity index (χ2n) is 1.64. The van der Waals surface area contributed by atoms with Crippen molar-refractivity contribution in [3.8, 4) is 0 Å². The van der Waals surface area contributed by atoms with E-state index >= 15 is 0 Å². The number of halogens is 3. The summed E-state index contributed by atoms with van der Waals surface area (Å²) in [4.78, 5) is 4.04. The topological polar surface area (TPSA) is 38.9 Å². The van der Waals surface area contributed by atoms with Crippen molar-refractivity contribution in [1.29, 1.82) is 0 Å². The Kier molecular flexibility index (Phi) is 2.71. The number of hydrogen-bond donors (Lipinski definition) is 1. The van der Waals surface area contributed by atoms with Gasteiger partial charge in [-0.25, -0.2) is 4.98 Å². The number of rotatable bonds is 0. The fourth-order valence-electron chi connectivity index (χ4n) is 0.486. The number of hydrogen-bond acceptors (Lipinski definition) is 2. The minimum atomic E-state index is 0.661. The van der Waals surface area contributed by atoms with E-state index in [9.17, 15) is 0 Å². The van der Waals surface area contributed by atoms with Crippen LogP contribution in [0.15, 0.2) is 19.7 Å². The highest BCUT2D eigenvalue weighted by molar-refractivity contribution is 9.13. The molecule has 0 atom stereocenters. The van der Waals surface area contributed by atoms with Crippen LogP contribution in [-0.2, 0) is 0 Å². The van der Waals surface area contributed by atoms with Crippen LogP contribution in [0.1, 0.15) is 0 Å². The van der Waals surface area contributed by atoms with Gasteiger partial charge in [-0.15, -0.1) is 0 Å². The summed E-state index contributed by atoms with van der Waals surface area (Å²) in [5.74, 6) is 0. The lowest BCUT2D eigenvalue weighted by Crippen LogP contribution is -1.89. The van der Waals surface area contributed by atoms with Crippen LogP contribution in [-0.4, -0.2) is 4.98 Å². The maximum atomic E-state index is 5.57. The Balaban J connectivity index is 3.31. The Morgan fingerprint density at radius 1 is 1.30 bits per heavy atom. The summed E-state index contributed by atoms with van der Waals surface area (Å²) in [7, 11) is 0. The smallest absolute Gasteiger partial charge is 0.123 e. The molecule has 1 aromatic rings. The minimum Gasteiger partial charge on any atom is -0.398 e. The van der Waals surface area contributed by atoms with Crippen molar-refractivity contribution >= 4 is 53.5 Å². The molecule has 0 unspecified atom stereocenters. The second-order valence-corrected chi connectivity index (χ2v) is 4.00. The van der Waals surface area contributed by atoms with Crippen LogP contribution in [0.25, 0.3) is 0 Å². The standard InChI is InChI=1S/C5H3Br3N2/c6-3-1-2(9)4(7)5(8)10-3/h1H,(H2,9,10). The molecule has 0 saturated heterocycles. The van der Waals surface area contributed by atoms with E-state index in [1.807, 2.05) is 0 Å². The van der Waals surface area contributed by atoms with E-state index in [2.05, 4.69) is 52.8 Å². The number of anilines is 1. The molecule has 0 spiro atoms. The van der Waals surface area contributed by atoms with E-state index < -0.39 is 0 Å². The van der Waals surface area contributed by atoms with Crippen LogP contribution in [0.5, 0.6) is 0 Å². The molecule has 0 aliphatic carbocycles. The predicted molar refractivity (Wildman–Crippen MR) is 51.7 cm³/mol. The monoisotopic (exact) mass is 328 g/mol. The number of pyridine rings is 1. The largest absolute Gasteiger partial charge is 0.398 e. The lowest BCUT2D eigenvalue weighted by Gasteiger charge is -1.99. The average Bonchev–Trinajstić information content (AvgIpc) is 1.82. The van der Waals surface area contributed by atoms with Crippen LogP contribution in [0, 0.1) is 0 Å². The van der Waals surface area contributed by atoms with Gasteiger partial charge in [0.05, 0.1) is 10.2 Å². The molecule has 0 aromatic carbocycles. The molecule has 0 amide bonds. The highest BCUT2D eigenvalue weighted by Crippen LogP contribution is 2.28. The SMILES string of the molecule is Nc1cc(Br)nc(Br)c1Br. The Hall–Kier alpha value is 0.390. The lowest BCUT2D eigenvalue weighted by molar-refractivity contribution is 1.22. The fraction of sp³-hybridized carbons (Fsp3) is 0. The van der Waals surface area contributed by atoms with Gasteiger partial charge < -0.3 is 5.73 Å². The molecule has 0 fully saturated rings. The van der Waals surface area contributed by atoms with E-state index in [0.717, 1.165) is 9.08 Å². The van der Waals surface area contributed by atoms with Crippen LogP contribution < -0.4 is 5.73 Å². The van der Waals surface area contributed by atoms with Crippen LogP contribution in [0.4, 0.5) is 5.69 Å². The molecular formula is C5H3Br3N2. The Morgan fingerprint density at radius 3 is 2.40 bits per heavy atom. The lowest BCUT2D eigenvalue weighted by atomic mass is 10.4. The molecule has 0 aliphatic rings. The minimum absolute atomic E-state index is 0.661. The third-order valence-electron chi connectivity index (χ3n) is 0.914. The molecule has 10 heavy (non-hydrogen) atoms. The summed E-state index contributed by atoms with van der Waals surface area (Å²) in [6.07, 6.45) is 0. The Labute approximate surface area is 83.6 Å². The van der Waals surface area contributed by atoms with Gasteiger partial charge in [0.2, 0.25) is 0 Å². The van der Waals surface area contributed by atoms with Crippen molar-refractivity contribution in [3.05, 3.63) is 19.7 Å². The van der Waals surface area contributed by atoms with Gasteiger partial charge in [-0.05, 0) is 53.9 Å². The van der Waals surface area contributed by atoms with Crippen LogP contribution in [0.3, 0.4) is 0 Å². The zero-order valence-electron chi connectivity index (χ0n) is 4.74. The van der Waals surface area contributed by atoms with Gasteiger partial charge in [-0.3, -0.25) is 0 Å². The molecule has 0 bridgehead atoms. The van der Waals surface area contributed by atoms with Gasteiger partial charge in [0.1, 0.15) is 9.21 Å². The molecule has 1 rings (SSSR count). The first-order valence-corrected chi connectivity index (χ1v) is 4.76. The van der Waals surface area contributed by atoms with E-state index in [-0.39, 0.29) is 0 Å². The molecule has 1 heterocycles. The Bertz CT molecular complexity index is 238. The summed E-state index contributed by atoms with van der Waals surface area (Å²) in [6, 6.07) is 1.73. The normalized spacial score (nSPS) is 9.90. The number of nitrogens with zero attached hydrogens (tertiary/aromatic N) is 1. The first-order valence-electron chi connectivity index (χ1n) is 2.38. The second kappa shape index (κ2) is 3.19. The molecule has 0 saturated carbocycles. The van der Waals surface area contributed by atoms with Crippen molar-refractivity contribution < 1.29 is 0 Å². The van der Waals surface area contributed by atoms with E-state index in [0.29, 0.717) is 10.3 Å². The van der Waals surface area contributed by atoms with Crippen molar-refractivity contribution in [2.24, 2.45) is 0 Å². The van der Waals surface area contributed by atoms with Crippen molar-refractivity contribution in [3.63, 3.8) is 0 Å². The first kappa shape index (κ1) is 8.49. The van der Waals surface area contributed by atoms with E-state index in [1.165, 1.54) is 0 Å². The zero-order valence-corrected chi connectivity index (χ0v) is 9.49. The van der Waals surface area contributed by atoms with Gasteiger partial charge in [0, 0.05) is 0 Å². The summed E-state index contributed by atoms with van der Waals surface area (Å²) < 4.78 is 2.22. The number of aromatic nitrogens is 1. The van der Waals surface area contributed by atoms with Gasteiger partial charge in [-0.1, -0.05) is 0 Å². The quantitative estimate of drug-likeness (QED) is 0.743. The average molecular weight is 331 g/mol. The maximum Gasteiger partial charge on any atom is 0.123 e. The van der Waals surface area contributed by atoms with Crippen molar-refractivity contribution in [1.82, 2.24) is 4.98 Å². The molecule has 54 valence electrons. The summed E-state index contributed by atoms with van der Waals surface area (Å²) in [5, 5.41) is 0. The van der Waals surface area contributed by atoms with E-state index in [4.69, 9.17) is 5.73 Å². The molecular weight excluding hydrogens is 328 g/mol. The number of nitrogens with two attached hydrogens (primary N) is 1. The van der Waals surface area contributed by atoms with Gasteiger partial charge in [0.25, 0.3) is 0 Å². The highest BCUT2D eigenvalue weighted by Gasteiger charge is 2.02. The van der Waals surface area contributed by atoms with Crippen molar-refractivity contribution in [2.75, 3.05) is 5.73 Å². The van der Waals surface area contributed by atoms with Crippen LogP contribution >= 0.6 is 47.8 Å². The Morgan fingerprint density at radius 2 is 1.90 bits per heavy atom. The van der Waals surface area contributed by atoms with Gasteiger partial charge >= 0.3 is 0 Å². The van der Waals surface area contributed by atoms with E-state index in [1.54, 1.807) is 6.07 Å². The zero-order chi connectivity index (χ0) is 7.72. The van der Waals surface area contributed by atoms with Gasteiger partial charge in [-0.2, -0.15) is 0 Å². The molecule has 5 heteroatoms. The molecule has 2 N–H and O–H groups in total. The summed E-state index contributed by atoms with van der Waals surface area (Å²) in [5.41, 5.74) is 6.24. The predicted octanol–water partition coefficient (Wildman–Crippen LogP) is 2.95. The molecule has 1 aromatic heterocycles. The molecule has 2 nitrogen and oxygen atoms in total. The third-order valence-corrected chi connectivity index (χ3v) is 3.26. The summed E-state index contributed by atoms with van der Waals surface area (Å²) in [6.45, 7) is 0. The van der Waals surface area contributed by atoms with Crippen molar-refractivity contribution in [2.45, 2.75) is 0 Å². The van der Waals surface area contributed by atoms with Gasteiger partial charge in [0.15, 0.2) is 0 Å².